The number of nitrogens with zero attached hydrogens (tertiary/aromatic N) is 2. The molecule has 0 saturated carbocycles. The predicted octanol–water partition coefficient (Wildman–Crippen LogP) is 1.77. The van der Waals surface area contributed by atoms with Crippen LogP contribution in [0.3, 0.4) is 0 Å². The zero-order chi connectivity index (χ0) is 23.3. The summed E-state index contributed by atoms with van der Waals surface area (Å²) in [5.74, 6) is -0.854. The molecule has 1 saturated heterocycles. The van der Waals surface area contributed by atoms with E-state index in [-0.39, 0.29) is 24.4 Å². The third kappa shape index (κ3) is 5.29. The Morgan fingerprint density at radius 2 is 2.03 bits per heavy atom. The fraction of sp³-hybridized carbons (Fsp3) is 0.182. The Kier molecular flexibility index (Phi) is 7.20. The Hall–Kier alpha value is -3.74. The fourth-order valence-corrected chi connectivity index (χ4v) is 3.60. The molecule has 8 nitrogen and oxygen atoms in total. The largest absolute Gasteiger partial charge is 0.365 e. The van der Waals surface area contributed by atoms with E-state index in [9.17, 15) is 14.0 Å². The van der Waals surface area contributed by atoms with Gasteiger partial charge in [-0.3, -0.25) is 10.2 Å². The zero-order valence-electron chi connectivity index (χ0n) is 16.9. The molecule has 2 aromatic carbocycles. The zero-order valence-corrected chi connectivity index (χ0v) is 17.7. The van der Waals surface area contributed by atoms with Gasteiger partial charge in [0, 0.05) is 16.3 Å². The number of carbonyl (C=O) groups excluding carboxylic acids is 2. The van der Waals surface area contributed by atoms with Gasteiger partial charge in [-0.25, -0.2) is 9.18 Å². The standard InChI is InChI=1S/C22H20ClFN6O2/c23-15-3-1-2-14(8-15)20(26)19(21(27)31)18-12-30(11-17(9-24)28-18)22(32)29-16-6-4-13(10-25)5-7-16/h1-8,17,26,28H,9,11-12H2,(H2,27,31)(H,29,32)/p+1. The summed E-state index contributed by atoms with van der Waals surface area (Å²) in [6.45, 7) is -0.681. The number of piperazine rings is 1. The third-order valence-electron chi connectivity index (χ3n) is 4.93. The van der Waals surface area contributed by atoms with Crippen LogP contribution < -0.4 is 16.4 Å². The number of primary amides is 1. The highest BCUT2D eigenvalue weighted by molar-refractivity contribution is 6.32. The van der Waals surface area contributed by atoms with E-state index >= 15 is 0 Å². The van der Waals surface area contributed by atoms with Gasteiger partial charge in [0.15, 0.2) is 0 Å². The van der Waals surface area contributed by atoms with E-state index in [4.69, 9.17) is 28.0 Å². The van der Waals surface area contributed by atoms with E-state index in [0.717, 1.165) is 0 Å². The smallest absolute Gasteiger partial charge is 0.322 e. The quantitative estimate of drug-likeness (QED) is 0.403. The molecule has 164 valence electrons. The van der Waals surface area contributed by atoms with Crippen LogP contribution in [0, 0.1) is 16.7 Å². The lowest BCUT2D eigenvalue weighted by Gasteiger charge is -2.32. The monoisotopic (exact) mass is 455 g/mol. The van der Waals surface area contributed by atoms with Crippen molar-refractivity contribution in [2.45, 2.75) is 6.04 Å². The molecule has 3 rings (SSSR count). The summed E-state index contributed by atoms with van der Waals surface area (Å²) >= 11 is 6.00. The summed E-state index contributed by atoms with van der Waals surface area (Å²) in [6.07, 6.45) is 0. The van der Waals surface area contributed by atoms with Crippen LogP contribution in [0.15, 0.2) is 59.8 Å². The number of amides is 3. The minimum absolute atomic E-state index is 0.0279. The molecule has 0 spiro atoms. The maximum Gasteiger partial charge on any atom is 0.322 e. The van der Waals surface area contributed by atoms with Gasteiger partial charge < -0.3 is 21.3 Å². The summed E-state index contributed by atoms with van der Waals surface area (Å²) in [4.78, 5) is 26.4. The molecule has 0 bridgehead atoms. The van der Waals surface area contributed by atoms with Crippen LogP contribution >= 0.6 is 11.6 Å². The molecule has 0 aromatic heterocycles. The normalized spacial score (nSPS) is 17.3. The molecule has 0 aliphatic carbocycles. The van der Waals surface area contributed by atoms with Crippen LogP contribution in [0.25, 0.3) is 0 Å². The number of nitrogens with two attached hydrogens (primary N) is 2. The number of hydrogen-bond donors (Lipinski definition) is 4. The number of quaternary nitrogens is 1. The van der Waals surface area contributed by atoms with E-state index in [2.05, 4.69) is 5.32 Å². The van der Waals surface area contributed by atoms with Crippen molar-refractivity contribution in [2.24, 2.45) is 5.73 Å². The number of rotatable bonds is 5. The first kappa shape index (κ1) is 22.9. The van der Waals surface area contributed by atoms with Gasteiger partial charge in [-0.15, -0.1) is 0 Å². The van der Waals surface area contributed by atoms with Gasteiger partial charge in [0.2, 0.25) is 0 Å². The molecule has 1 aliphatic heterocycles. The van der Waals surface area contributed by atoms with E-state index in [1.54, 1.807) is 47.8 Å². The highest BCUT2D eigenvalue weighted by Gasteiger charge is 2.34. The minimum Gasteiger partial charge on any atom is -0.365 e. The lowest BCUT2D eigenvalue weighted by molar-refractivity contribution is -0.653. The number of benzene rings is 2. The van der Waals surface area contributed by atoms with E-state index in [1.165, 1.54) is 11.0 Å². The average molecular weight is 456 g/mol. The van der Waals surface area contributed by atoms with E-state index in [1.807, 2.05) is 6.07 Å². The Morgan fingerprint density at radius 1 is 1.31 bits per heavy atom. The van der Waals surface area contributed by atoms with Gasteiger partial charge in [0.1, 0.15) is 24.0 Å². The lowest BCUT2D eigenvalue weighted by atomic mass is 9.98. The lowest BCUT2D eigenvalue weighted by Crippen LogP contribution is -2.94. The number of anilines is 1. The number of hydrogen-bond acceptors (Lipinski definition) is 4. The Labute approximate surface area is 189 Å². The maximum atomic E-state index is 13.6. The van der Waals surface area contributed by atoms with Gasteiger partial charge in [-0.2, -0.15) is 5.26 Å². The van der Waals surface area contributed by atoms with Crippen molar-refractivity contribution in [3.05, 3.63) is 76.0 Å². The fourth-order valence-electron chi connectivity index (χ4n) is 3.41. The molecule has 1 aliphatic rings. The van der Waals surface area contributed by atoms with Crippen molar-refractivity contribution in [3.63, 3.8) is 0 Å². The molecule has 1 unspecified atom stereocenters. The summed E-state index contributed by atoms with van der Waals surface area (Å²) in [7, 11) is 0. The van der Waals surface area contributed by atoms with Gasteiger partial charge >= 0.3 is 6.03 Å². The van der Waals surface area contributed by atoms with Crippen LogP contribution in [-0.4, -0.2) is 48.4 Å². The van der Waals surface area contributed by atoms with Gasteiger partial charge in [-0.05, 0) is 36.4 Å². The number of nitrogens with one attached hydrogen (secondary N) is 2. The molecule has 10 heteroatoms. The molecule has 1 atom stereocenters. The van der Waals surface area contributed by atoms with Gasteiger partial charge in [-0.1, -0.05) is 23.7 Å². The second kappa shape index (κ2) is 10.0. The molecule has 32 heavy (non-hydrogen) atoms. The number of carbonyl (C=O) groups is 2. The van der Waals surface area contributed by atoms with Gasteiger partial charge in [0.05, 0.1) is 30.4 Å². The van der Waals surface area contributed by atoms with Crippen molar-refractivity contribution in [2.75, 3.05) is 25.1 Å². The average Bonchev–Trinajstić information content (AvgIpc) is 2.79. The molecule has 3 amide bonds. The second-order valence-electron chi connectivity index (χ2n) is 7.23. The number of alkyl halides is 1. The molecule has 2 aromatic rings. The summed E-state index contributed by atoms with van der Waals surface area (Å²) in [6, 6.07) is 13.5. The third-order valence-corrected chi connectivity index (χ3v) is 5.17. The van der Waals surface area contributed by atoms with Crippen LogP contribution in [0.5, 0.6) is 0 Å². The maximum absolute atomic E-state index is 13.6. The Balaban J connectivity index is 1.89. The molecular weight excluding hydrogens is 435 g/mol. The number of urea groups is 1. The van der Waals surface area contributed by atoms with E-state index in [0.29, 0.717) is 27.5 Å². The summed E-state index contributed by atoms with van der Waals surface area (Å²) in [5.41, 5.74) is 6.91. The van der Waals surface area contributed by atoms with Crippen molar-refractivity contribution in [1.29, 1.82) is 10.7 Å². The summed E-state index contributed by atoms with van der Waals surface area (Å²) < 4.78 is 13.6. The topological polar surface area (TPSA) is 140 Å². The van der Waals surface area contributed by atoms with Gasteiger partial charge in [0.25, 0.3) is 5.91 Å². The summed E-state index contributed by atoms with van der Waals surface area (Å²) in [5, 5.41) is 22.0. The van der Waals surface area contributed by atoms with Crippen LogP contribution in [0.1, 0.15) is 11.1 Å². The SMILES string of the molecule is N#Cc1ccc(NC(=O)N2CC(=C(C(=N)c3cccc(Cl)c3)C(N)=O)[NH2+]C(CF)C2)cc1. The van der Waals surface area contributed by atoms with Crippen molar-refractivity contribution in [3.8, 4) is 6.07 Å². The Morgan fingerprint density at radius 3 is 2.62 bits per heavy atom. The molecule has 6 N–H and O–H groups in total. The van der Waals surface area contributed by atoms with Crippen LogP contribution in [0.4, 0.5) is 14.9 Å². The molecule has 1 heterocycles. The van der Waals surface area contributed by atoms with Crippen LogP contribution in [-0.2, 0) is 4.79 Å². The predicted molar refractivity (Wildman–Crippen MR) is 118 cm³/mol. The van der Waals surface area contributed by atoms with Crippen molar-refractivity contribution in [1.82, 2.24) is 4.90 Å². The first-order valence-electron chi connectivity index (χ1n) is 9.67. The first-order valence-corrected chi connectivity index (χ1v) is 10.0. The molecule has 0 radical (unpaired) electrons. The number of halogens is 2. The molecule has 1 fully saturated rings. The van der Waals surface area contributed by atoms with Crippen molar-refractivity contribution < 1.29 is 19.3 Å². The highest BCUT2D eigenvalue weighted by atomic mass is 35.5. The minimum atomic E-state index is -0.854. The van der Waals surface area contributed by atoms with E-state index < -0.39 is 24.7 Å². The first-order chi connectivity index (χ1) is 15.3. The van der Waals surface area contributed by atoms with Crippen LogP contribution in [0.2, 0.25) is 5.02 Å². The van der Waals surface area contributed by atoms with Crippen molar-refractivity contribution >= 4 is 34.9 Å². The highest BCUT2D eigenvalue weighted by Crippen LogP contribution is 2.17. The molecular formula is C22H21ClFN6O2+. The number of nitriles is 1. The Bertz CT molecular complexity index is 1130. The second-order valence-corrected chi connectivity index (χ2v) is 7.67.